The van der Waals surface area contributed by atoms with Gasteiger partial charge in [-0.25, -0.2) is 0 Å². The molecule has 2 bridgehead atoms. The summed E-state index contributed by atoms with van der Waals surface area (Å²) >= 11 is 0. The number of carbonyl (C=O) groups is 1. The summed E-state index contributed by atoms with van der Waals surface area (Å²) < 4.78 is 5.59. The zero-order valence-electron chi connectivity index (χ0n) is 12.1. The van der Waals surface area contributed by atoms with Crippen molar-refractivity contribution in [3.63, 3.8) is 0 Å². The Morgan fingerprint density at radius 1 is 1.19 bits per heavy atom. The van der Waals surface area contributed by atoms with E-state index in [1.807, 2.05) is 24.3 Å². The third-order valence-corrected chi connectivity index (χ3v) is 5.59. The second-order valence-corrected chi connectivity index (χ2v) is 6.72. The number of nitrogens with two attached hydrogens (primary N) is 1. The number of nitrogens with one attached hydrogen (secondary N) is 1. The lowest BCUT2D eigenvalue weighted by Gasteiger charge is -2.10. The predicted molar refractivity (Wildman–Crippen MR) is 80.7 cm³/mol. The van der Waals surface area contributed by atoms with Crippen molar-refractivity contribution in [3.8, 4) is 5.75 Å². The lowest BCUT2D eigenvalue weighted by molar-refractivity contribution is -0.123. The van der Waals surface area contributed by atoms with Crippen LogP contribution in [0.25, 0.3) is 0 Å². The van der Waals surface area contributed by atoms with E-state index in [2.05, 4.69) is 5.32 Å². The smallest absolute Gasteiger partial charge is 0.223 e. The van der Waals surface area contributed by atoms with Crippen molar-refractivity contribution in [2.24, 2.45) is 29.6 Å². The molecule has 3 aliphatic rings. The minimum Gasteiger partial charge on any atom is -0.492 e. The van der Waals surface area contributed by atoms with Crippen molar-refractivity contribution in [3.05, 3.63) is 24.3 Å². The van der Waals surface area contributed by atoms with Crippen LogP contribution in [0.1, 0.15) is 19.3 Å². The van der Waals surface area contributed by atoms with Crippen LogP contribution >= 0.6 is 0 Å². The number of rotatable bonds is 5. The molecule has 4 heteroatoms. The zero-order valence-corrected chi connectivity index (χ0v) is 12.1. The highest BCUT2D eigenvalue weighted by molar-refractivity contribution is 5.82. The van der Waals surface area contributed by atoms with Gasteiger partial charge in [-0.1, -0.05) is 0 Å². The van der Waals surface area contributed by atoms with Gasteiger partial charge in [0.25, 0.3) is 0 Å². The molecule has 3 aliphatic carbocycles. The summed E-state index contributed by atoms with van der Waals surface area (Å²) in [6.07, 6.45) is 4.10. The summed E-state index contributed by atoms with van der Waals surface area (Å²) in [5, 5.41) is 3.04. The Bertz CT molecular complexity index is 526. The Balaban J connectivity index is 1.20. The summed E-state index contributed by atoms with van der Waals surface area (Å²) in [6, 6.07) is 7.32. The van der Waals surface area contributed by atoms with Crippen LogP contribution in [0.5, 0.6) is 5.75 Å². The third kappa shape index (κ3) is 2.27. The average Bonchev–Trinajstić information content (AvgIpc) is 2.93. The fraction of sp³-hybridized carbons (Fsp3) is 0.588. The van der Waals surface area contributed by atoms with Crippen LogP contribution in [0, 0.1) is 29.6 Å². The molecule has 3 fully saturated rings. The number of anilines is 1. The molecular weight excluding hydrogens is 264 g/mol. The molecule has 3 saturated carbocycles. The molecule has 0 aromatic heterocycles. The van der Waals surface area contributed by atoms with Crippen molar-refractivity contribution >= 4 is 11.6 Å². The number of benzene rings is 1. The minimum absolute atomic E-state index is 0.252. The summed E-state index contributed by atoms with van der Waals surface area (Å²) in [5.74, 6) is 4.47. The van der Waals surface area contributed by atoms with Gasteiger partial charge in [-0.15, -0.1) is 0 Å². The molecule has 0 radical (unpaired) electrons. The first-order valence-electron chi connectivity index (χ1n) is 8.00. The number of nitrogen functional groups attached to an aromatic ring is 1. The van der Waals surface area contributed by atoms with E-state index >= 15 is 0 Å². The Hall–Kier alpha value is -1.71. The lowest BCUT2D eigenvalue weighted by Crippen LogP contribution is -2.31. The van der Waals surface area contributed by atoms with Crippen molar-refractivity contribution in [1.29, 1.82) is 0 Å². The molecule has 4 atom stereocenters. The van der Waals surface area contributed by atoms with Crippen LogP contribution in [-0.4, -0.2) is 19.1 Å². The van der Waals surface area contributed by atoms with Gasteiger partial charge in [0.2, 0.25) is 5.91 Å². The van der Waals surface area contributed by atoms with Gasteiger partial charge in [-0.05, 0) is 67.2 Å². The highest BCUT2D eigenvalue weighted by atomic mass is 16.5. The maximum Gasteiger partial charge on any atom is 0.223 e. The molecular formula is C17H22N2O2. The van der Waals surface area contributed by atoms with Crippen LogP contribution < -0.4 is 15.8 Å². The molecule has 112 valence electrons. The summed E-state index contributed by atoms with van der Waals surface area (Å²) in [5.41, 5.74) is 6.35. The van der Waals surface area contributed by atoms with Crippen LogP contribution in [0.2, 0.25) is 0 Å². The van der Waals surface area contributed by atoms with E-state index in [1.165, 1.54) is 19.3 Å². The van der Waals surface area contributed by atoms with Crippen molar-refractivity contribution in [1.82, 2.24) is 5.32 Å². The normalized spacial score (nSPS) is 35.3. The first-order valence-corrected chi connectivity index (χ1v) is 8.00. The van der Waals surface area contributed by atoms with E-state index in [9.17, 15) is 4.79 Å². The number of hydrogen-bond acceptors (Lipinski definition) is 3. The van der Waals surface area contributed by atoms with Crippen LogP contribution in [0.4, 0.5) is 5.69 Å². The van der Waals surface area contributed by atoms with Crippen molar-refractivity contribution in [2.75, 3.05) is 18.9 Å². The topological polar surface area (TPSA) is 64.3 Å². The monoisotopic (exact) mass is 286 g/mol. The maximum atomic E-state index is 12.2. The predicted octanol–water partition coefficient (Wildman–Crippen LogP) is 2.06. The fourth-order valence-corrected chi connectivity index (χ4v) is 4.70. The molecule has 3 N–H and O–H groups in total. The maximum absolute atomic E-state index is 12.2. The molecule has 1 aromatic carbocycles. The molecule has 1 aromatic rings. The SMILES string of the molecule is Nc1ccc(OCCNC(=O)C2C3C4CCC(C4)C23)cc1. The van der Waals surface area contributed by atoms with E-state index in [0.717, 1.165) is 23.3 Å². The molecule has 4 unspecified atom stereocenters. The van der Waals surface area contributed by atoms with Gasteiger partial charge in [0.05, 0.1) is 6.54 Å². The van der Waals surface area contributed by atoms with Gasteiger partial charge >= 0.3 is 0 Å². The van der Waals surface area contributed by atoms with E-state index in [1.54, 1.807) is 0 Å². The molecule has 4 rings (SSSR count). The lowest BCUT2D eigenvalue weighted by atomic mass is 10.0. The van der Waals surface area contributed by atoms with E-state index < -0.39 is 0 Å². The molecule has 0 aliphatic heterocycles. The summed E-state index contributed by atoms with van der Waals surface area (Å²) in [4.78, 5) is 12.2. The van der Waals surface area contributed by atoms with Crippen LogP contribution in [0.15, 0.2) is 24.3 Å². The quantitative estimate of drug-likeness (QED) is 0.643. The van der Waals surface area contributed by atoms with Crippen LogP contribution in [-0.2, 0) is 4.79 Å². The van der Waals surface area contributed by atoms with Gasteiger partial charge in [0.15, 0.2) is 0 Å². The third-order valence-electron chi connectivity index (χ3n) is 5.59. The highest BCUT2D eigenvalue weighted by Gasteiger charge is 2.67. The largest absolute Gasteiger partial charge is 0.492 e. The van der Waals surface area contributed by atoms with E-state index in [0.29, 0.717) is 30.9 Å². The first kappa shape index (κ1) is 13.0. The molecule has 0 saturated heterocycles. The number of amides is 1. The number of fused-ring (bicyclic) bond motifs is 5. The second-order valence-electron chi connectivity index (χ2n) is 6.72. The van der Waals surface area contributed by atoms with Gasteiger partial charge in [-0.3, -0.25) is 4.79 Å². The highest BCUT2D eigenvalue weighted by Crippen LogP contribution is 2.69. The Morgan fingerprint density at radius 2 is 1.86 bits per heavy atom. The standard InChI is InChI=1S/C17H22N2O2/c18-12-3-5-13(6-4-12)21-8-7-19-17(20)16-14-10-1-2-11(9-10)15(14)16/h3-6,10-11,14-16H,1-2,7-9,18H2,(H,19,20). The van der Waals surface area contributed by atoms with Crippen molar-refractivity contribution < 1.29 is 9.53 Å². The van der Waals surface area contributed by atoms with Gasteiger partial charge in [0.1, 0.15) is 12.4 Å². The summed E-state index contributed by atoms with van der Waals surface area (Å²) in [7, 11) is 0. The molecule has 1 amide bonds. The summed E-state index contributed by atoms with van der Waals surface area (Å²) in [6.45, 7) is 1.08. The average molecular weight is 286 g/mol. The molecule has 21 heavy (non-hydrogen) atoms. The van der Waals surface area contributed by atoms with Gasteiger partial charge < -0.3 is 15.8 Å². The number of ether oxygens (including phenoxy) is 1. The van der Waals surface area contributed by atoms with Crippen LogP contribution in [0.3, 0.4) is 0 Å². The fourth-order valence-electron chi connectivity index (χ4n) is 4.70. The van der Waals surface area contributed by atoms with Gasteiger partial charge in [0, 0.05) is 11.6 Å². The molecule has 0 spiro atoms. The first-order chi connectivity index (χ1) is 10.2. The van der Waals surface area contributed by atoms with Gasteiger partial charge in [-0.2, -0.15) is 0 Å². The molecule has 4 nitrogen and oxygen atoms in total. The Morgan fingerprint density at radius 3 is 2.52 bits per heavy atom. The molecule has 0 heterocycles. The number of carbonyl (C=O) groups excluding carboxylic acids is 1. The van der Waals surface area contributed by atoms with E-state index in [-0.39, 0.29) is 5.91 Å². The number of hydrogen-bond donors (Lipinski definition) is 2. The minimum atomic E-state index is 0.252. The van der Waals surface area contributed by atoms with E-state index in [4.69, 9.17) is 10.5 Å². The Kier molecular flexibility index (Phi) is 3.05. The zero-order chi connectivity index (χ0) is 14.4. The van der Waals surface area contributed by atoms with Crippen molar-refractivity contribution in [2.45, 2.75) is 19.3 Å². The Labute approximate surface area is 125 Å². The second kappa shape index (κ2) is 4.93.